The monoisotopic (exact) mass is 440 g/mol. The number of carbonyl (C=O) groups excluding carboxylic acids is 1. The SMILES string of the molecule is CCc1cccc(CC)c1NC(=O)c1ccc(CN2CCC(Cc3ccccc3)CC2)cc1. The number of nitrogens with zero attached hydrogens (tertiary/aromatic N) is 1. The third kappa shape index (κ3) is 6.11. The molecule has 0 atom stereocenters. The number of carbonyl (C=O) groups is 1. The molecule has 0 aliphatic carbocycles. The molecule has 1 N–H and O–H groups in total. The van der Waals surface area contributed by atoms with Crippen LogP contribution in [0.1, 0.15) is 59.3 Å². The molecule has 0 aromatic heterocycles. The van der Waals surface area contributed by atoms with Crippen LogP contribution in [-0.4, -0.2) is 23.9 Å². The van der Waals surface area contributed by atoms with Crippen molar-refractivity contribution in [1.29, 1.82) is 0 Å². The van der Waals surface area contributed by atoms with Gasteiger partial charge in [0.05, 0.1) is 0 Å². The van der Waals surface area contributed by atoms with Gasteiger partial charge in [-0.05, 0) is 85.5 Å². The Bertz CT molecular complexity index is 1010. The fourth-order valence-corrected chi connectivity index (χ4v) is 4.90. The number of hydrogen-bond acceptors (Lipinski definition) is 2. The van der Waals surface area contributed by atoms with Gasteiger partial charge in [0.2, 0.25) is 0 Å². The second-order valence-corrected chi connectivity index (χ2v) is 9.22. The molecule has 0 bridgehead atoms. The summed E-state index contributed by atoms with van der Waals surface area (Å²) in [5, 5.41) is 3.17. The zero-order chi connectivity index (χ0) is 23.0. The van der Waals surface area contributed by atoms with Gasteiger partial charge in [-0.25, -0.2) is 0 Å². The first-order chi connectivity index (χ1) is 16.2. The minimum atomic E-state index is -0.0288. The molecule has 33 heavy (non-hydrogen) atoms. The number of hydrogen-bond donors (Lipinski definition) is 1. The molecule has 3 nitrogen and oxygen atoms in total. The average molecular weight is 441 g/mol. The van der Waals surface area contributed by atoms with Gasteiger partial charge in [-0.2, -0.15) is 0 Å². The van der Waals surface area contributed by atoms with Crippen LogP contribution < -0.4 is 5.32 Å². The molecule has 1 saturated heterocycles. The molecule has 3 aromatic carbocycles. The third-order valence-corrected chi connectivity index (χ3v) is 6.93. The van der Waals surface area contributed by atoms with E-state index in [1.54, 1.807) is 0 Å². The molecule has 1 aliphatic heterocycles. The molecule has 1 amide bonds. The fourth-order valence-electron chi connectivity index (χ4n) is 4.90. The number of anilines is 1. The highest BCUT2D eigenvalue weighted by molar-refractivity contribution is 6.05. The van der Waals surface area contributed by atoms with Crippen LogP contribution in [0.25, 0.3) is 0 Å². The van der Waals surface area contributed by atoms with Crippen molar-refractivity contribution in [3.05, 3.63) is 101 Å². The Hall–Kier alpha value is -2.91. The molecule has 0 spiro atoms. The molecule has 4 rings (SSSR count). The average Bonchev–Trinajstić information content (AvgIpc) is 2.86. The zero-order valence-corrected chi connectivity index (χ0v) is 20.0. The van der Waals surface area contributed by atoms with Crippen LogP contribution in [0.15, 0.2) is 72.8 Å². The second kappa shape index (κ2) is 11.3. The lowest BCUT2D eigenvalue weighted by atomic mass is 9.90. The molecule has 3 heteroatoms. The molecule has 0 radical (unpaired) electrons. The number of aryl methyl sites for hydroxylation is 2. The van der Waals surface area contributed by atoms with E-state index in [2.05, 4.69) is 84.7 Å². The Kier molecular flexibility index (Phi) is 7.96. The predicted octanol–water partition coefficient (Wildman–Crippen LogP) is 6.52. The van der Waals surface area contributed by atoms with E-state index in [-0.39, 0.29) is 5.91 Å². The van der Waals surface area contributed by atoms with Gasteiger partial charge in [0, 0.05) is 17.8 Å². The van der Waals surface area contributed by atoms with Gasteiger partial charge in [-0.1, -0.05) is 74.5 Å². The van der Waals surface area contributed by atoms with E-state index in [1.807, 2.05) is 12.1 Å². The van der Waals surface area contributed by atoms with Gasteiger partial charge in [-0.15, -0.1) is 0 Å². The topological polar surface area (TPSA) is 32.3 Å². The molecule has 0 unspecified atom stereocenters. The Morgan fingerprint density at radius 1 is 0.818 bits per heavy atom. The quantitative estimate of drug-likeness (QED) is 0.432. The van der Waals surface area contributed by atoms with Crippen molar-refractivity contribution in [2.45, 2.75) is 52.5 Å². The summed E-state index contributed by atoms with van der Waals surface area (Å²) in [4.78, 5) is 15.5. The zero-order valence-electron chi connectivity index (χ0n) is 20.0. The van der Waals surface area contributed by atoms with Crippen LogP contribution in [-0.2, 0) is 25.8 Å². The molecule has 1 fully saturated rings. The molecule has 172 valence electrons. The summed E-state index contributed by atoms with van der Waals surface area (Å²) in [6.45, 7) is 7.51. The van der Waals surface area contributed by atoms with Crippen LogP contribution in [0.2, 0.25) is 0 Å². The number of piperidine rings is 1. The lowest BCUT2D eigenvalue weighted by molar-refractivity contribution is 0.102. The third-order valence-electron chi connectivity index (χ3n) is 6.93. The lowest BCUT2D eigenvalue weighted by Gasteiger charge is -2.32. The first kappa shape index (κ1) is 23.3. The molecular weight excluding hydrogens is 404 g/mol. The maximum absolute atomic E-state index is 12.9. The van der Waals surface area contributed by atoms with E-state index in [0.29, 0.717) is 5.56 Å². The lowest BCUT2D eigenvalue weighted by Crippen LogP contribution is -2.33. The smallest absolute Gasteiger partial charge is 0.255 e. The van der Waals surface area contributed by atoms with E-state index >= 15 is 0 Å². The summed E-state index contributed by atoms with van der Waals surface area (Å²) in [7, 11) is 0. The first-order valence-corrected chi connectivity index (χ1v) is 12.4. The number of rotatable bonds is 8. The van der Waals surface area contributed by atoms with Crippen molar-refractivity contribution in [2.24, 2.45) is 5.92 Å². The Labute approximate surface area is 198 Å². The minimum Gasteiger partial charge on any atom is -0.321 e. The number of benzene rings is 3. The van der Waals surface area contributed by atoms with Crippen molar-refractivity contribution in [2.75, 3.05) is 18.4 Å². The molecular formula is C30H36N2O. The van der Waals surface area contributed by atoms with Crippen LogP contribution in [0.3, 0.4) is 0 Å². The van der Waals surface area contributed by atoms with Gasteiger partial charge in [0.15, 0.2) is 0 Å². The van der Waals surface area contributed by atoms with Crippen LogP contribution in [0.5, 0.6) is 0 Å². The maximum Gasteiger partial charge on any atom is 0.255 e. The highest BCUT2D eigenvalue weighted by atomic mass is 16.1. The van der Waals surface area contributed by atoms with Gasteiger partial charge in [0.25, 0.3) is 5.91 Å². The Morgan fingerprint density at radius 3 is 2.06 bits per heavy atom. The van der Waals surface area contributed by atoms with Crippen molar-refractivity contribution in [3.8, 4) is 0 Å². The Balaban J connectivity index is 1.31. The summed E-state index contributed by atoms with van der Waals surface area (Å²) >= 11 is 0. The molecule has 1 aliphatic rings. The van der Waals surface area contributed by atoms with Gasteiger partial charge in [0.1, 0.15) is 0 Å². The summed E-state index contributed by atoms with van der Waals surface area (Å²) in [5.74, 6) is 0.757. The first-order valence-electron chi connectivity index (χ1n) is 12.4. The van der Waals surface area contributed by atoms with Crippen LogP contribution in [0.4, 0.5) is 5.69 Å². The fraction of sp³-hybridized carbons (Fsp3) is 0.367. The summed E-state index contributed by atoms with van der Waals surface area (Å²) in [6, 6.07) is 25.3. The van der Waals surface area contributed by atoms with E-state index in [4.69, 9.17) is 0 Å². The van der Waals surface area contributed by atoms with Crippen molar-refractivity contribution >= 4 is 11.6 Å². The molecule has 3 aromatic rings. The minimum absolute atomic E-state index is 0.0288. The van der Waals surface area contributed by atoms with Gasteiger partial charge >= 0.3 is 0 Å². The predicted molar refractivity (Wildman–Crippen MR) is 138 cm³/mol. The number of likely N-dealkylation sites (tertiary alicyclic amines) is 1. The maximum atomic E-state index is 12.9. The Morgan fingerprint density at radius 2 is 1.45 bits per heavy atom. The summed E-state index contributed by atoms with van der Waals surface area (Å²) in [5.41, 5.74) is 6.81. The van der Waals surface area contributed by atoms with Crippen LogP contribution in [0, 0.1) is 5.92 Å². The van der Waals surface area contributed by atoms with Gasteiger partial charge in [-0.3, -0.25) is 9.69 Å². The molecule has 0 saturated carbocycles. The normalized spacial score (nSPS) is 14.8. The highest BCUT2D eigenvalue weighted by Gasteiger charge is 2.20. The van der Waals surface area contributed by atoms with Crippen molar-refractivity contribution < 1.29 is 4.79 Å². The van der Waals surface area contributed by atoms with E-state index < -0.39 is 0 Å². The second-order valence-electron chi connectivity index (χ2n) is 9.22. The van der Waals surface area contributed by atoms with E-state index in [0.717, 1.165) is 44.1 Å². The molecule has 1 heterocycles. The standard InChI is InChI=1S/C30H36N2O/c1-3-26-11-8-12-27(4-2)29(26)31-30(33)28-15-13-25(14-16-28)22-32-19-17-24(18-20-32)21-23-9-6-5-7-10-23/h5-16,24H,3-4,17-22H2,1-2H3,(H,31,33). The number of nitrogens with one attached hydrogen (secondary N) is 1. The van der Waals surface area contributed by atoms with E-state index in [1.165, 1.54) is 41.5 Å². The summed E-state index contributed by atoms with van der Waals surface area (Å²) in [6.07, 6.45) is 5.52. The highest BCUT2D eigenvalue weighted by Crippen LogP contribution is 2.25. The van der Waals surface area contributed by atoms with Crippen molar-refractivity contribution in [3.63, 3.8) is 0 Å². The van der Waals surface area contributed by atoms with Crippen molar-refractivity contribution in [1.82, 2.24) is 4.90 Å². The summed E-state index contributed by atoms with van der Waals surface area (Å²) < 4.78 is 0. The largest absolute Gasteiger partial charge is 0.321 e. The van der Waals surface area contributed by atoms with Crippen LogP contribution >= 0.6 is 0 Å². The van der Waals surface area contributed by atoms with Gasteiger partial charge < -0.3 is 5.32 Å². The van der Waals surface area contributed by atoms with E-state index in [9.17, 15) is 4.79 Å². The number of amides is 1. The number of para-hydroxylation sites is 1.